The lowest BCUT2D eigenvalue weighted by molar-refractivity contribution is 0.102. The van der Waals surface area contributed by atoms with E-state index in [9.17, 15) is 4.79 Å². The van der Waals surface area contributed by atoms with Gasteiger partial charge in [0.2, 0.25) is 0 Å². The minimum absolute atomic E-state index is 0.163. The first kappa shape index (κ1) is 14.2. The fourth-order valence-electron chi connectivity index (χ4n) is 3.09. The highest BCUT2D eigenvalue weighted by Crippen LogP contribution is 2.32. The second-order valence-corrected chi connectivity index (χ2v) is 6.11. The molecule has 4 rings (SSSR count). The van der Waals surface area contributed by atoms with Gasteiger partial charge in [-0.05, 0) is 56.0 Å². The number of amides is 1. The highest BCUT2D eigenvalue weighted by molar-refractivity contribution is 6.30. The van der Waals surface area contributed by atoms with Gasteiger partial charge in [0.1, 0.15) is 0 Å². The van der Waals surface area contributed by atoms with Gasteiger partial charge in [-0.15, -0.1) is 0 Å². The van der Waals surface area contributed by atoms with E-state index in [2.05, 4.69) is 15.5 Å². The van der Waals surface area contributed by atoms with Crippen LogP contribution in [-0.2, 0) is 12.8 Å². The molecule has 5 nitrogen and oxygen atoms in total. The van der Waals surface area contributed by atoms with E-state index in [1.807, 2.05) is 6.92 Å². The number of rotatable bonds is 2. The van der Waals surface area contributed by atoms with Crippen LogP contribution < -0.4 is 5.32 Å². The number of carbonyl (C=O) groups is 1. The zero-order valence-electron chi connectivity index (χ0n) is 12.5. The average Bonchev–Trinajstić information content (AvgIpc) is 3.14. The molecule has 0 saturated carbocycles. The standard InChI is InChI=1S/C17H14ClN3O2/c1-9-14-15(16(22)19-11-7-5-10(18)6-8-11)12-3-2-4-13(12)20-17(14)23-21-9/h5-8H,2-4H2,1H3,(H,19,22). The fraction of sp³-hybridized carbons (Fsp3) is 0.235. The van der Waals surface area contributed by atoms with Crippen LogP contribution in [0.5, 0.6) is 0 Å². The molecule has 0 saturated heterocycles. The SMILES string of the molecule is Cc1noc2nc3c(c(C(=O)Nc4ccc(Cl)cc4)c12)CCC3. The van der Waals surface area contributed by atoms with Crippen LogP contribution in [-0.4, -0.2) is 16.0 Å². The Morgan fingerprint density at radius 3 is 2.83 bits per heavy atom. The smallest absolute Gasteiger partial charge is 0.259 e. The first-order valence-electron chi connectivity index (χ1n) is 7.48. The van der Waals surface area contributed by atoms with Crippen molar-refractivity contribution in [2.75, 3.05) is 5.32 Å². The van der Waals surface area contributed by atoms with Crippen molar-refractivity contribution in [1.82, 2.24) is 10.1 Å². The summed E-state index contributed by atoms with van der Waals surface area (Å²) >= 11 is 5.88. The summed E-state index contributed by atoms with van der Waals surface area (Å²) in [6, 6.07) is 7.04. The molecule has 3 aromatic rings. The van der Waals surface area contributed by atoms with Crippen LogP contribution in [0.2, 0.25) is 5.02 Å². The van der Waals surface area contributed by atoms with E-state index < -0.39 is 0 Å². The van der Waals surface area contributed by atoms with Crippen LogP contribution in [0.1, 0.15) is 33.7 Å². The average molecular weight is 328 g/mol. The Labute approximate surface area is 137 Å². The quantitative estimate of drug-likeness (QED) is 0.774. The van der Waals surface area contributed by atoms with Gasteiger partial charge in [0.25, 0.3) is 11.6 Å². The Balaban J connectivity index is 1.82. The summed E-state index contributed by atoms with van der Waals surface area (Å²) < 4.78 is 5.27. The summed E-state index contributed by atoms with van der Waals surface area (Å²) in [5.74, 6) is -0.163. The van der Waals surface area contributed by atoms with Crippen LogP contribution in [0, 0.1) is 6.92 Å². The number of hydrogen-bond donors (Lipinski definition) is 1. The molecule has 0 fully saturated rings. The Hall–Kier alpha value is -2.40. The molecule has 2 heterocycles. The summed E-state index contributed by atoms with van der Waals surface area (Å²) in [6.45, 7) is 1.83. The third-order valence-electron chi connectivity index (χ3n) is 4.15. The van der Waals surface area contributed by atoms with Crippen LogP contribution in [0.4, 0.5) is 5.69 Å². The van der Waals surface area contributed by atoms with Gasteiger partial charge >= 0.3 is 0 Å². The van der Waals surface area contributed by atoms with E-state index >= 15 is 0 Å². The summed E-state index contributed by atoms with van der Waals surface area (Å²) in [5.41, 5.74) is 4.40. The Bertz CT molecular complexity index is 916. The molecule has 0 unspecified atom stereocenters. The molecule has 1 aromatic carbocycles. The van der Waals surface area contributed by atoms with E-state index in [1.54, 1.807) is 24.3 Å². The summed E-state index contributed by atoms with van der Waals surface area (Å²) in [5, 5.41) is 8.23. The molecule has 2 aromatic heterocycles. The maximum Gasteiger partial charge on any atom is 0.259 e. The predicted molar refractivity (Wildman–Crippen MR) is 88.0 cm³/mol. The number of nitrogens with one attached hydrogen (secondary N) is 1. The number of hydrogen-bond acceptors (Lipinski definition) is 4. The maximum absolute atomic E-state index is 12.9. The van der Waals surface area contributed by atoms with E-state index in [-0.39, 0.29) is 5.91 Å². The monoisotopic (exact) mass is 327 g/mol. The molecule has 1 N–H and O–H groups in total. The Kier molecular flexibility index (Phi) is 3.31. The highest BCUT2D eigenvalue weighted by Gasteiger charge is 2.27. The minimum Gasteiger partial charge on any atom is -0.336 e. The van der Waals surface area contributed by atoms with Crippen molar-refractivity contribution >= 4 is 34.3 Å². The van der Waals surface area contributed by atoms with Crippen LogP contribution in [0.3, 0.4) is 0 Å². The molecule has 1 amide bonds. The van der Waals surface area contributed by atoms with Crippen molar-refractivity contribution in [3.8, 4) is 0 Å². The Morgan fingerprint density at radius 1 is 1.26 bits per heavy atom. The number of carbonyl (C=O) groups excluding carboxylic acids is 1. The molecule has 0 atom stereocenters. The minimum atomic E-state index is -0.163. The van der Waals surface area contributed by atoms with Crippen LogP contribution >= 0.6 is 11.6 Å². The number of aromatic nitrogens is 2. The normalized spacial score (nSPS) is 13.3. The number of halogens is 1. The summed E-state index contributed by atoms with van der Waals surface area (Å²) in [4.78, 5) is 17.4. The van der Waals surface area contributed by atoms with Crippen LogP contribution in [0.25, 0.3) is 11.1 Å². The number of fused-ring (bicyclic) bond motifs is 2. The van der Waals surface area contributed by atoms with Gasteiger partial charge in [0.15, 0.2) is 0 Å². The number of aryl methyl sites for hydroxylation is 2. The second kappa shape index (κ2) is 5.35. The van der Waals surface area contributed by atoms with E-state index in [0.717, 1.165) is 30.5 Å². The number of nitrogens with zero attached hydrogens (tertiary/aromatic N) is 2. The van der Waals surface area contributed by atoms with Crippen molar-refractivity contribution in [3.05, 3.63) is 51.8 Å². The van der Waals surface area contributed by atoms with Gasteiger partial charge in [-0.3, -0.25) is 4.79 Å². The van der Waals surface area contributed by atoms with E-state index in [1.165, 1.54) is 0 Å². The van der Waals surface area contributed by atoms with Crippen molar-refractivity contribution in [2.24, 2.45) is 0 Å². The first-order chi connectivity index (χ1) is 11.1. The van der Waals surface area contributed by atoms with Crippen molar-refractivity contribution in [1.29, 1.82) is 0 Å². The lowest BCUT2D eigenvalue weighted by Gasteiger charge is -2.10. The lowest BCUT2D eigenvalue weighted by atomic mass is 10.0. The van der Waals surface area contributed by atoms with E-state index in [4.69, 9.17) is 16.1 Å². The lowest BCUT2D eigenvalue weighted by Crippen LogP contribution is -2.15. The zero-order valence-corrected chi connectivity index (χ0v) is 13.3. The van der Waals surface area contributed by atoms with Crippen molar-refractivity contribution in [2.45, 2.75) is 26.2 Å². The van der Waals surface area contributed by atoms with Crippen molar-refractivity contribution < 1.29 is 9.32 Å². The largest absolute Gasteiger partial charge is 0.336 e. The maximum atomic E-state index is 12.9. The molecule has 1 aliphatic carbocycles. The van der Waals surface area contributed by atoms with Gasteiger partial charge in [-0.1, -0.05) is 16.8 Å². The summed E-state index contributed by atoms with van der Waals surface area (Å²) in [6.07, 6.45) is 2.72. The molecule has 23 heavy (non-hydrogen) atoms. The van der Waals surface area contributed by atoms with Gasteiger partial charge < -0.3 is 9.84 Å². The third-order valence-corrected chi connectivity index (χ3v) is 4.40. The molecule has 6 heteroatoms. The first-order valence-corrected chi connectivity index (χ1v) is 7.86. The van der Waals surface area contributed by atoms with Crippen molar-refractivity contribution in [3.63, 3.8) is 0 Å². The zero-order chi connectivity index (χ0) is 16.0. The Morgan fingerprint density at radius 2 is 2.04 bits per heavy atom. The molecule has 116 valence electrons. The predicted octanol–water partition coefficient (Wildman–Crippen LogP) is 3.93. The molecule has 0 spiro atoms. The third kappa shape index (κ3) is 2.37. The number of anilines is 1. The molecular weight excluding hydrogens is 314 g/mol. The number of benzene rings is 1. The molecule has 0 bridgehead atoms. The molecule has 1 aliphatic rings. The van der Waals surface area contributed by atoms with Gasteiger partial charge in [0, 0.05) is 16.4 Å². The van der Waals surface area contributed by atoms with Gasteiger partial charge in [-0.2, -0.15) is 0 Å². The summed E-state index contributed by atoms with van der Waals surface area (Å²) in [7, 11) is 0. The highest BCUT2D eigenvalue weighted by atomic mass is 35.5. The number of pyridine rings is 1. The van der Waals surface area contributed by atoms with Gasteiger partial charge in [0.05, 0.1) is 16.6 Å². The molecule has 0 radical (unpaired) electrons. The molecule has 0 aliphatic heterocycles. The van der Waals surface area contributed by atoms with E-state index in [0.29, 0.717) is 33.1 Å². The topological polar surface area (TPSA) is 68.0 Å². The second-order valence-electron chi connectivity index (χ2n) is 5.67. The fourth-order valence-corrected chi connectivity index (χ4v) is 3.22. The van der Waals surface area contributed by atoms with Gasteiger partial charge in [-0.25, -0.2) is 4.98 Å². The molecular formula is C17H14ClN3O2. The van der Waals surface area contributed by atoms with Crippen LogP contribution in [0.15, 0.2) is 28.8 Å².